The van der Waals surface area contributed by atoms with Crippen molar-refractivity contribution >= 4 is 28.1 Å². The van der Waals surface area contributed by atoms with Crippen LogP contribution >= 0.6 is 11.6 Å². The standard InChI is InChI=1S/C16H13ClN2O/c1-20-15-5-2-10-6-7-19-9-13(10)16(15)12-8-11(17)3-4-14(12)18/h2-9H,18H2,1H3. The molecule has 0 saturated heterocycles. The minimum atomic E-state index is 0.636. The summed E-state index contributed by atoms with van der Waals surface area (Å²) in [5.74, 6) is 0.750. The molecule has 2 aromatic carbocycles. The molecule has 2 N–H and O–H groups in total. The molecular weight excluding hydrogens is 272 g/mol. The fraction of sp³-hybridized carbons (Fsp3) is 0.0625. The number of aromatic nitrogens is 1. The van der Waals surface area contributed by atoms with Gasteiger partial charge in [-0.15, -0.1) is 0 Å². The van der Waals surface area contributed by atoms with Crippen molar-refractivity contribution in [3.63, 3.8) is 0 Å². The van der Waals surface area contributed by atoms with Crippen LogP contribution in [0.3, 0.4) is 0 Å². The van der Waals surface area contributed by atoms with Crippen LogP contribution in [0.5, 0.6) is 5.75 Å². The molecule has 0 aliphatic heterocycles. The van der Waals surface area contributed by atoms with Gasteiger partial charge in [0.15, 0.2) is 0 Å². The SMILES string of the molecule is COc1ccc2ccncc2c1-c1cc(Cl)ccc1N. The van der Waals surface area contributed by atoms with Crippen LogP contribution < -0.4 is 10.5 Å². The molecule has 0 atom stereocenters. The van der Waals surface area contributed by atoms with Crippen LogP contribution in [0.2, 0.25) is 5.02 Å². The van der Waals surface area contributed by atoms with Crippen LogP contribution in [0.25, 0.3) is 21.9 Å². The number of benzene rings is 2. The molecule has 3 rings (SSSR count). The summed E-state index contributed by atoms with van der Waals surface area (Å²) >= 11 is 6.10. The summed E-state index contributed by atoms with van der Waals surface area (Å²) in [6.07, 6.45) is 3.58. The highest BCUT2D eigenvalue weighted by Crippen LogP contribution is 2.40. The summed E-state index contributed by atoms with van der Waals surface area (Å²) in [6, 6.07) is 11.3. The third-order valence-corrected chi connectivity index (χ3v) is 3.52. The molecule has 0 radical (unpaired) electrons. The molecule has 0 spiro atoms. The lowest BCUT2D eigenvalue weighted by Gasteiger charge is -2.14. The van der Waals surface area contributed by atoms with Gasteiger partial charge in [-0.2, -0.15) is 0 Å². The predicted octanol–water partition coefficient (Wildman–Crippen LogP) is 4.15. The maximum atomic E-state index is 6.10. The van der Waals surface area contributed by atoms with Gasteiger partial charge in [0.05, 0.1) is 7.11 Å². The van der Waals surface area contributed by atoms with Gasteiger partial charge in [-0.3, -0.25) is 4.98 Å². The summed E-state index contributed by atoms with van der Waals surface area (Å²) in [4.78, 5) is 4.20. The van der Waals surface area contributed by atoms with E-state index in [1.165, 1.54) is 0 Å². The van der Waals surface area contributed by atoms with Crippen molar-refractivity contribution < 1.29 is 4.74 Å². The minimum Gasteiger partial charge on any atom is -0.496 e. The average molecular weight is 285 g/mol. The van der Waals surface area contributed by atoms with Crippen molar-refractivity contribution in [3.8, 4) is 16.9 Å². The van der Waals surface area contributed by atoms with Crippen molar-refractivity contribution in [2.45, 2.75) is 0 Å². The Bertz CT molecular complexity index is 787. The monoisotopic (exact) mass is 284 g/mol. The zero-order chi connectivity index (χ0) is 14.1. The van der Waals surface area contributed by atoms with E-state index >= 15 is 0 Å². The molecule has 3 aromatic rings. The van der Waals surface area contributed by atoms with E-state index in [0.717, 1.165) is 27.6 Å². The first-order valence-corrected chi connectivity index (χ1v) is 6.54. The second-order valence-electron chi connectivity index (χ2n) is 4.47. The zero-order valence-electron chi connectivity index (χ0n) is 10.9. The van der Waals surface area contributed by atoms with Crippen LogP contribution in [0, 0.1) is 0 Å². The second-order valence-corrected chi connectivity index (χ2v) is 4.91. The fourth-order valence-corrected chi connectivity index (χ4v) is 2.51. The van der Waals surface area contributed by atoms with Crippen LogP contribution in [0.4, 0.5) is 5.69 Å². The lowest BCUT2D eigenvalue weighted by atomic mass is 9.97. The maximum Gasteiger partial charge on any atom is 0.127 e. The lowest BCUT2D eigenvalue weighted by molar-refractivity contribution is 0.417. The number of nitrogens with zero attached hydrogens (tertiary/aromatic N) is 1. The van der Waals surface area contributed by atoms with E-state index in [4.69, 9.17) is 22.1 Å². The molecule has 3 nitrogen and oxygen atoms in total. The summed E-state index contributed by atoms with van der Waals surface area (Å²) < 4.78 is 5.48. The summed E-state index contributed by atoms with van der Waals surface area (Å²) in [6.45, 7) is 0. The van der Waals surface area contributed by atoms with E-state index in [2.05, 4.69) is 4.98 Å². The number of nitrogen functional groups attached to an aromatic ring is 1. The molecule has 0 unspecified atom stereocenters. The van der Waals surface area contributed by atoms with E-state index in [9.17, 15) is 0 Å². The number of methoxy groups -OCH3 is 1. The van der Waals surface area contributed by atoms with Gasteiger partial charge >= 0.3 is 0 Å². The molecule has 0 fully saturated rings. The molecular formula is C16H13ClN2O. The first kappa shape index (κ1) is 12.8. The van der Waals surface area contributed by atoms with Crippen LogP contribution in [-0.4, -0.2) is 12.1 Å². The third kappa shape index (κ3) is 2.06. The maximum absolute atomic E-state index is 6.10. The summed E-state index contributed by atoms with van der Waals surface area (Å²) in [5, 5.41) is 2.70. The number of rotatable bonds is 2. The first-order valence-electron chi connectivity index (χ1n) is 6.17. The average Bonchev–Trinajstić information content (AvgIpc) is 2.48. The van der Waals surface area contributed by atoms with E-state index in [0.29, 0.717) is 10.7 Å². The number of fused-ring (bicyclic) bond motifs is 1. The van der Waals surface area contributed by atoms with Crippen molar-refractivity contribution in [1.82, 2.24) is 4.98 Å². The predicted molar refractivity (Wildman–Crippen MR) is 83.2 cm³/mol. The van der Waals surface area contributed by atoms with E-state index < -0.39 is 0 Å². The quantitative estimate of drug-likeness (QED) is 0.719. The Morgan fingerprint density at radius 1 is 1.15 bits per heavy atom. The molecule has 20 heavy (non-hydrogen) atoms. The number of nitrogens with two attached hydrogens (primary N) is 1. The smallest absolute Gasteiger partial charge is 0.127 e. The Morgan fingerprint density at radius 3 is 2.80 bits per heavy atom. The molecule has 4 heteroatoms. The first-order chi connectivity index (χ1) is 9.70. The van der Waals surface area contributed by atoms with Crippen LogP contribution in [0.1, 0.15) is 0 Å². The summed E-state index contributed by atoms with van der Waals surface area (Å²) in [5.41, 5.74) is 8.53. The van der Waals surface area contributed by atoms with E-state index in [1.807, 2.05) is 30.5 Å². The molecule has 1 heterocycles. The van der Waals surface area contributed by atoms with E-state index in [1.54, 1.807) is 25.4 Å². The number of hydrogen-bond acceptors (Lipinski definition) is 3. The Balaban J connectivity index is 2.41. The number of pyridine rings is 1. The molecule has 0 aliphatic carbocycles. The topological polar surface area (TPSA) is 48.1 Å². The second kappa shape index (κ2) is 5.02. The Labute approximate surface area is 122 Å². The number of halogens is 1. The number of anilines is 1. The third-order valence-electron chi connectivity index (χ3n) is 3.29. The van der Waals surface area contributed by atoms with Gasteiger partial charge in [0.2, 0.25) is 0 Å². The Kier molecular flexibility index (Phi) is 3.20. The van der Waals surface area contributed by atoms with Crippen molar-refractivity contribution in [1.29, 1.82) is 0 Å². The molecule has 0 amide bonds. The molecule has 1 aromatic heterocycles. The lowest BCUT2D eigenvalue weighted by Crippen LogP contribution is -1.94. The van der Waals surface area contributed by atoms with Gasteiger partial charge in [0, 0.05) is 39.6 Å². The summed E-state index contributed by atoms with van der Waals surface area (Å²) in [7, 11) is 1.64. The Morgan fingerprint density at radius 2 is 2.00 bits per heavy atom. The van der Waals surface area contributed by atoms with Gasteiger partial charge in [0.1, 0.15) is 5.75 Å². The molecule has 0 bridgehead atoms. The van der Waals surface area contributed by atoms with Gasteiger partial charge in [0.25, 0.3) is 0 Å². The molecule has 0 aliphatic rings. The van der Waals surface area contributed by atoms with Gasteiger partial charge < -0.3 is 10.5 Å². The van der Waals surface area contributed by atoms with Crippen molar-refractivity contribution in [2.24, 2.45) is 0 Å². The van der Waals surface area contributed by atoms with Gasteiger partial charge in [-0.25, -0.2) is 0 Å². The highest BCUT2D eigenvalue weighted by atomic mass is 35.5. The van der Waals surface area contributed by atoms with E-state index in [-0.39, 0.29) is 0 Å². The largest absolute Gasteiger partial charge is 0.496 e. The van der Waals surface area contributed by atoms with Gasteiger partial charge in [-0.05, 0) is 35.7 Å². The Hall–Kier alpha value is -2.26. The van der Waals surface area contributed by atoms with Crippen molar-refractivity contribution in [3.05, 3.63) is 53.8 Å². The number of ether oxygens (including phenoxy) is 1. The van der Waals surface area contributed by atoms with Gasteiger partial charge in [-0.1, -0.05) is 17.7 Å². The molecule has 100 valence electrons. The van der Waals surface area contributed by atoms with Crippen LogP contribution in [0.15, 0.2) is 48.8 Å². The molecule has 0 saturated carbocycles. The van der Waals surface area contributed by atoms with Crippen molar-refractivity contribution in [2.75, 3.05) is 12.8 Å². The van der Waals surface area contributed by atoms with Crippen LogP contribution in [-0.2, 0) is 0 Å². The zero-order valence-corrected chi connectivity index (χ0v) is 11.7. The highest BCUT2D eigenvalue weighted by Gasteiger charge is 2.13. The number of hydrogen-bond donors (Lipinski definition) is 1. The normalized spacial score (nSPS) is 10.7. The fourth-order valence-electron chi connectivity index (χ4n) is 2.33. The highest BCUT2D eigenvalue weighted by molar-refractivity contribution is 6.31. The minimum absolute atomic E-state index is 0.636.